The van der Waals surface area contributed by atoms with Crippen molar-refractivity contribution in [1.29, 1.82) is 0 Å². The van der Waals surface area contributed by atoms with E-state index in [9.17, 15) is 14.4 Å². The van der Waals surface area contributed by atoms with Crippen LogP contribution in [-0.4, -0.2) is 46.3 Å². The van der Waals surface area contributed by atoms with Crippen molar-refractivity contribution >= 4 is 29.0 Å². The lowest BCUT2D eigenvalue weighted by Gasteiger charge is -2.22. The summed E-state index contributed by atoms with van der Waals surface area (Å²) >= 11 is 1.35. The molecule has 0 aliphatic carbocycles. The molecule has 0 N–H and O–H groups in total. The van der Waals surface area contributed by atoms with E-state index >= 15 is 0 Å². The maximum Gasteiger partial charge on any atom is 0.329 e. The molecular weight excluding hydrogens is 364 g/mol. The molecule has 1 saturated heterocycles. The number of likely N-dealkylation sites (tertiary alicyclic amines) is 1. The van der Waals surface area contributed by atoms with Gasteiger partial charge in [-0.05, 0) is 51.1 Å². The predicted molar refractivity (Wildman–Crippen MR) is 103 cm³/mol. The molecule has 0 aromatic carbocycles. The van der Waals surface area contributed by atoms with Crippen LogP contribution < -0.4 is 0 Å². The van der Waals surface area contributed by atoms with Gasteiger partial charge in [-0.1, -0.05) is 6.07 Å². The molecule has 1 aliphatic rings. The molecule has 3 heterocycles. The van der Waals surface area contributed by atoms with Crippen molar-refractivity contribution in [3.8, 4) is 0 Å². The van der Waals surface area contributed by atoms with Crippen LogP contribution >= 0.6 is 11.3 Å². The number of ketones is 1. The van der Waals surface area contributed by atoms with Gasteiger partial charge in [0.1, 0.15) is 6.04 Å². The third kappa shape index (κ3) is 3.83. The fourth-order valence-electron chi connectivity index (χ4n) is 3.68. The average Bonchev–Trinajstić information content (AvgIpc) is 3.39. The largest absolute Gasteiger partial charge is 0.456 e. The van der Waals surface area contributed by atoms with E-state index in [0.717, 1.165) is 24.4 Å². The predicted octanol–water partition coefficient (Wildman–Crippen LogP) is 3.22. The third-order valence-electron chi connectivity index (χ3n) is 5.05. The first kappa shape index (κ1) is 19.4. The van der Waals surface area contributed by atoms with Gasteiger partial charge in [0.2, 0.25) is 5.78 Å². The first-order valence-electron chi connectivity index (χ1n) is 9.15. The lowest BCUT2D eigenvalue weighted by molar-refractivity contribution is -0.147. The van der Waals surface area contributed by atoms with Gasteiger partial charge in [-0.15, -0.1) is 11.3 Å². The SMILES string of the molecule is CCn1c(C)cc(C(=O)COC(=O)[C@@H]2CCCN2C(=O)c2cccs2)c1C. The second-order valence-corrected chi connectivity index (χ2v) is 7.64. The number of carbonyl (C=O) groups excluding carboxylic acids is 3. The molecule has 3 rings (SSSR count). The molecule has 144 valence electrons. The Hall–Kier alpha value is -2.41. The fraction of sp³-hybridized carbons (Fsp3) is 0.450. The Balaban J connectivity index is 1.63. The number of carbonyl (C=O) groups is 3. The standard InChI is InChI=1S/C20H24N2O4S/c1-4-21-13(2)11-15(14(21)3)17(23)12-26-20(25)16-7-5-9-22(16)19(24)18-8-6-10-27-18/h6,8,10-11,16H,4-5,7,9,12H2,1-3H3/t16-/m0/s1. The number of Topliss-reactive ketones (excluding diaryl/α,β-unsaturated/α-hetero) is 1. The van der Waals surface area contributed by atoms with Crippen LogP contribution in [0, 0.1) is 13.8 Å². The van der Waals surface area contributed by atoms with Gasteiger partial charge >= 0.3 is 5.97 Å². The smallest absolute Gasteiger partial charge is 0.329 e. The molecular formula is C20H24N2O4S. The molecule has 1 atom stereocenters. The summed E-state index contributed by atoms with van der Waals surface area (Å²) in [6, 6.07) is 4.78. The molecule has 1 fully saturated rings. The number of amides is 1. The van der Waals surface area contributed by atoms with E-state index in [2.05, 4.69) is 0 Å². The summed E-state index contributed by atoms with van der Waals surface area (Å²) in [4.78, 5) is 39.7. The summed E-state index contributed by atoms with van der Waals surface area (Å²) in [6.07, 6.45) is 1.32. The summed E-state index contributed by atoms with van der Waals surface area (Å²) in [5.41, 5.74) is 2.47. The molecule has 2 aromatic rings. The Labute approximate surface area is 162 Å². The maximum atomic E-state index is 12.6. The van der Waals surface area contributed by atoms with Crippen LogP contribution in [0.4, 0.5) is 0 Å². The fourth-order valence-corrected chi connectivity index (χ4v) is 4.36. The molecule has 2 aromatic heterocycles. The van der Waals surface area contributed by atoms with E-state index in [1.807, 2.05) is 42.9 Å². The number of rotatable bonds is 6. The molecule has 6 nitrogen and oxygen atoms in total. The van der Waals surface area contributed by atoms with Crippen molar-refractivity contribution in [2.24, 2.45) is 0 Å². The highest BCUT2D eigenvalue weighted by Gasteiger charge is 2.36. The van der Waals surface area contributed by atoms with Crippen molar-refractivity contribution in [3.05, 3.63) is 45.4 Å². The second kappa shape index (κ2) is 8.08. The zero-order valence-corrected chi connectivity index (χ0v) is 16.7. The van der Waals surface area contributed by atoms with E-state index < -0.39 is 12.0 Å². The molecule has 0 spiro atoms. The van der Waals surface area contributed by atoms with Crippen LogP contribution in [0.15, 0.2) is 23.6 Å². The van der Waals surface area contributed by atoms with Crippen LogP contribution in [0.3, 0.4) is 0 Å². The summed E-state index contributed by atoms with van der Waals surface area (Å²) in [7, 11) is 0. The number of hydrogen-bond acceptors (Lipinski definition) is 5. The molecule has 0 radical (unpaired) electrons. The molecule has 0 saturated carbocycles. The number of ether oxygens (including phenoxy) is 1. The molecule has 0 unspecified atom stereocenters. The Morgan fingerprint density at radius 1 is 1.30 bits per heavy atom. The molecule has 7 heteroatoms. The van der Waals surface area contributed by atoms with Gasteiger partial charge in [0.05, 0.1) is 4.88 Å². The summed E-state index contributed by atoms with van der Waals surface area (Å²) in [5.74, 6) is -0.873. The third-order valence-corrected chi connectivity index (χ3v) is 5.91. The quantitative estimate of drug-likeness (QED) is 0.563. The van der Waals surface area contributed by atoms with Crippen molar-refractivity contribution in [2.75, 3.05) is 13.2 Å². The van der Waals surface area contributed by atoms with E-state index in [1.54, 1.807) is 11.0 Å². The van der Waals surface area contributed by atoms with Crippen LogP contribution in [0.25, 0.3) is 0 Å². The Morgan fingerprint density at radius 3 is 2.70 bits per heavy atom. The first-order valence-corrected chi connectivity index (χ1v) is 10.0. The van der Waals surface area contributed by atoms with E-state index in [1.165, 1.54) is 11.3 Å². The minimum Gasteiger partial charge on any atom is -0.456 e. The number of aryl methyl sites for hydroxylation is 1. The zero-order chi connectivity index (χ0) is 19.6. The number of aromatic nitrogens is 1. The van der Waals surface area contributed by atoms with Crippen LogP contribution in [-0.2, 0) is 16.1 Å². The molecule has 1 aliphatic heterocycles. The molecule has 27 heavy (non-hydrogen) atoms. The van der Waals surface area contributed by atoms with Gasteiger partial charge < -0.3 is 14.2 Å². The number of thiophene rings is 1. The maximum absolute atomic E-state index is 12.6. The zero-order valence-electron chi connectivity index (χ0n) is 15.9. The van der Waals surface area contributed by atoms with Crippen molar-refractivity contribution in [1.82, 2.24) is 9.47 Å². The Morgan fingerprint density at radius 2 is 2.07 bits per heavy atom. The highest BCUT2D eigenvalue weighted by atomic mass is 32.1. The average molecular weight is 388 g/mol. The first-order chi connectivity index (χ1) is 12.9. The Bertz CT molecular complexity index is 854. The second-order valence-electron chi connectivity index (χ2n) is 6.69. The lowest BCUT2D eigenvalue weighted by Crippen LogP contribution is -2.41. The van der Waals surface area contributed by atoms with E-state index in [-0.39, 0.29) is 18.3 Å². The minimum absolute atomic E-state index is 0.151. The van der Waals surface area contributed by atoms with Gasteiger partial charge in [0, 0.05) is 30.0 Å². The van der Waals surface area contributed by atoms with E-state index in [4.69, 9.17) is 4.74 Å². The normalized spacial score (nSPS) is 16.6. The molecule has 0 bridgehead atoms. The Kier molecular flexibility index (Phi) is 5.79. The van der Waals surface area contributed by atoms with Gasteiger partial charge in [-0.25, -0.2) is 4.79 Å². The van der Waals surface area contributed by atoms with Crippen molar-refractivity contribution in [2.45, 2.75) is 46.2 Å². The van der Waals surface area contributed by atoms with Crippen LogP contribution in [0.1, 0.15) is 51.2 Å². The van der Waals surface area contributed by atoms with Gasteiger partial charge in [-0.2, -0.15) is 0 Å². The lowest BCUT2D eigenvalue weighted by atomic mass is 10.1. The monoisotopic (exact) mass is 388 g/mol. The van der Waals surface area contributed by atoms with Gasteiger partial charge in [0.15, 0.2) is 6.61 Å². The van der Waals surface area contributed by atoms with Crippen molar-refractivity contribution < 1.29 is 19.1 Å². The van der Waals surface area contributed by atoms with Crippen LogP contribution in [0.2, 0.25) is 0 Å². The van der Waals surface area contributed by atoms with Crippen molar-refractivity contribution in [3.63, 3.8) is 0 Å². The minimum atomic E-state index is -0.615. The molecule has 1 amide bonds. The number of esters is 1. The van der Waals surface area contributed by atoms with Crippen LogP contribution in [0.5, 0.6) is 0 Å². The number of hydrogen-bond donors (Lipinski definition) is 0. The topological polar surface area (TPSA) is 68.6 Å². The summed E-state index contributed by atoms with van der Waals surface area (Å²) in [5, 5.41) is 1.84. The van der Waals surface area contributed by atoms with Gasteiger partial charge in [0.25, 0.3) is 5.91 Å². The highest BCUT2D eigenvalue weighted by molar-refractivity contribution is 7.12. The summed E-state index contributed by atoms with van der Waals surface area (Å²) in [6.45, 7) is 6.88. The van der Waals surface area contributed by atoms with Gasteiger partial charge in [-0.3, -0.25) is 9.59 Å². The highest BCUT2D eigenvalue weighted by Crippen LogP contribution is 2.23. The van der Waals surface area contributed by atoms with E-state index in [0.29, 0.717) is 23.4 Å². The summed E-state index contributed by atoms with van der Waals surface area (Å²) < 4.78 is 7.34. The number of nitrogens with zero attached hydrogens (tertiary/aromatic N) is 2.